The van der Waals surface area contributed by atoms with Crippen molar-refractivity contribution in [1.82, 2.24) is 20.1 Å². The van der Waals surface area contributed by atoms with Gasteiger partial charge in [-0.2, -0.15) is 4.98 Å². The lowest BCUT2D eigenvalue weighted by Gasteiger charge is -2.22. The first-order valence-corrected chi connectivity index (χ1v) is 6.94. The standard InChI is InChI=1S/C14H18N4O2/c1-19-14(6-2-3-7-14)13-17-12(20-18-13)5-4-11-8-15-10-16-9-11/h8-10H,2-7H2,1H3. The van der Waals surface area contributed by atoms with Gasteiger partial charge in [0, 0.05) is 25.9 Å². The van der Waals surface area contributed by atoms with Gasteiger partial charge in [0.05, 0.1) is 0 Å². The normalized spacial score (nSPS) is 17.4. The van der Waals surface area contributed by atoms with Crippen LogP contribution in [-0.4, -0.2) is 27.2 Å². The molecule has 2 aromatic rings. The molecule has 2 heterocycles. The quantitative estimate of drug-likeness (QED) is 0.830. The Morgan fingerprint density at radius 1 is 1.20 bits per heavy atom. The second-order valence-corrected chi connectivity index (χ2v) is 5.16. The van der Waals surface area contributed by atoms with Crippen LogP contribution in [0.3, 0.4) is 0 Å². The van der Waals surface area contributed by atoms with E-state index in [0.29, 0.717) is 18.1 Å². The highest BCUT2D eigenvalue weighted by atomic mass is 16.5. The van der Waals surface area contributed by atoms with Crippen LogP contribution in [0.5, 0.6) is 0 Å². The van der Waals surface area contributed by atoms with Crippen molar-refractivity contribution in [2.75, 3.05) is 7.11 Å². The summed E-state index contributed by atoms with van der Waals surface area (Å²) in [4.78, 5) is 12.5. The molecule has 0 unspecified atom stereocenters. The molecule has 1 aliphatic rings. The fraction of sp³-hybridized carbons (Fsp3) is 0.571. The Bertz CT molecular complexity index is 549. The van der Waals surface area contributed by atoms with E-state index < -0.39 is 0 Å². The van der Waals surface area contributed by atoms with Crippen molar-refractivity contribution >= 4 is 0 Å². The SMILES string of the molecule is COC1(c2noc(CCc3cncnc3)n2)CCCC1. The highest BCUT2D eigenvalue weighted by molar-refractivity contribution is 5.07. The monoisotopic (exact) mass is 274 g/mol. The first-order chi connectivity index (χ1) is 9.82. The summed E-state index contributed by atoms with van der Waals surface area (Å²) in [6.07, 6.45) is 10.9. The van der Waals surface area contributed by atoms with Crippen LogP contribution in [0.2, 0.25) is 0 Å². The number of aromatic nitrogens is 4. The second kappa shape index (κ2) is 5.66. The van der Waals surface area contributed by atoms with E-state index in [9.17, 15) is 0 Å². The molecule has 0 saturated heterocycles. The Labute approximate surface area is 117 Å². The van der Waals surface area contributed by atoms with Gasteiger partial charge in [0.2, 0.25) is 11.7 Å². The largest absolute Gasteiger partial charge is 0.370 e. The molecule has 0 bridgehead atoms. The van der Waals surface area contributed by atoms with Gasteiger partial charge in [-0.15, -0.1) is 0 Å². The van der Waals surface area contributed by atoms with E-state index in [2.05, 4.69) is 20.1 Å². The van der Waals surface area contributed by atoms with Crippen molar-refractivity contribution in [1.29, 1.82) is 0 Å². The van der Waals surface area contributed by atoms with Crippen LogP contribution >= 0.6 is 0 Å². The van der Waals surface area contributed by atoms with Gasteiger partial charge in [0.25, 0.3) is 0 Å². The van der Waals surface area contributed by atoms with Crippen LogP contribution in [-0.2, 0) is 23.2 Å². The predicted octanol–water partition coefficient (Wildman–Crippen LogP) is 2.06. The molecule has 106 valence electrons. The van der Waals surface area contributed by atoms with Crippen molar-refractivity contribution in [3.63, 3.8) is 0 Å². The van der Waals surface area contributed by atoms with E-state index in [0.717, 1.165) is 37.7 Å². The zero-order chi connectivity index (χ0) is 13.8. The molecule has 3 rings (SSSR count). The molecule has 1 fully saturated rings. The van der Waals surface area contributed by atoms with Crippen LogP contribution in [0.4, 0.5) is 0 Å². The molecule has 0 N–H and O–H groups in total. The molecule has 1 aliphatic carbocycles. The number of nitrogens with zero attached hydrogens (tertiary/aromatic N) is 4. The lowest BCUT2D eigenvalue weighted by atomic mass is 10.0. The predicted molar refractivity (Wildman–Crippen MR) is 70.9 cm³/mol. The van der Waals surface area contributed by atoms with Gasteiger partial charge in [0.1, 0.15) is 11.9 Å². The van der Waals surface area contributed by atoms with Crippen molar-refractivity contribution < 1.29 is 9.26 Å². The average Bonchev–Trinajstić information content (AvgIpc) is 3.16. The van der Waals surface area contributed by atoms with Crippen molar-refractivity contribution in [3.05, 3.63) is 36.0 Å². The van der Waals surface area contributed by atoms with Gasteiger partial charge >= 0.3 is 0 Å². The summed E-state index contributed by atoms with van der Waals surface area (Å²) in [6.45, 7) is 0. The minimum atomic E-state index is -0.336. The second-order valence-electron chi connectivity index (χ2n) is 5.16. The number of methoxy groups -OCH3 is 1. The molecule has 0 amide bonds. The van der Waals surface area contributed by atoms with Crippen LogP contribution < -0.4 is 0 Å². The lowest BCUT2D eigenvalue weighted by Crippen LogP contribution is -2.26. The first kappa shape index (κ1) is 13.2. The summed E-state index contributed by atoms with van der Waals surface area (Å²) in [5.41, 5.74) is 0.729. The van der Waals surface area contributed by atoms with E-state index in [4.69, 9.17) is 9.26 Å². The van der Waals surface area contributed by atoms with Crippen LogP contribution in [0, 0.1) is 0 Å². The Morgan fingerprint density at radius 2 is 1.95 bits per heavy atom. The Balaban J connectivity index is 1.68. The lowest BCUT2D eigenvalue weighted by molar-refractivity contribution is -0.0178. The molecule has 0 radical (unpaired) electrons. The molecule has 0 aromatic carbocycles. The first-order valence-electron chi connectivity index (χ1n) is 6.94. The number of hydrogen-bond donors (Lipinski definition) is 0. The maximum absolute atomic E-state index is 5.66. The summed E-state index contributed by atoms with van der Waals surface area (Å²) in [6, 6.07) is 0. The van der Waals surface area contributed by atoms with Crippen molar-refractivity contribution in [2.24, 2.45) is 0 Å². The molecule has 2 aromatic heterocycles. The summed E-state index contributed by atoms with van der Waals surface area (Å²) in [5, 5.41) is 4.11. The van der Waals surface area contributed by atoms with Crippen LogP contribution in [0.1, 0.15) is 43.0 Å². The summed E-state index contributed by atoms with van der Waals surface area (Å²) in [7, 11) is 1.72. The molecular weight excluding hydrogens is 256 g/mol. The number of aryl methyl sites for hydroxylation is 2. The van der Waals surface area contributed by atoms with Crippen molar-refractivity contribution in [3.8, 4) is 0 Å². The smallest absolute Gasteiger partial charge is 0.227 e. The molecular formula is C14H18N4O2. The summed E-state index contributed by atoms with van der Waals surface area (Å²) >= 11 is 0. The third-order valence-corrected chi connectivity index (χ3v) is 3.92. The third-order valence-electron chi connectivity index (χ3n) is 3.92. The number of rotatable bonds is 5. The third kappa shape index (κ3) is 2.56. The van der Waals surface area contributed by atoms with Gasteiger partial charge < -0.3 is 9.26 Å². The molecule has 6 heteroatoms. The van der Waals surface area contributed by atoms with E-state index >= 15 is 0 Å². The fourth-order valence-electron chi connectivity index (χ4n) is 2.72. The minimum absolute atomic E-state index is 0.336. The zero-order valence-electron chi connectivity index (χ0n) is 11.6. The topological polar surface area (TPSA) is 73.9 Å². The Kier molecular flexibility index (Phi) is 3.73. The molecule has 20 heavy (non-hydrogen) atoms. The maximum Gasteiger partial charge on any atom is 0.227 e. The van der Waals surface area contributed by atoms with E-state index in [1.165, 1.54) is 6.33 Å². The van der Waals surface area contributed by atoms with Crippen LogP contribution in [0.25, 0.3) is 0 Å². The Morgan fingerprint density at radius 3 is 2.65 bits per heavy atom. The summed E-state index contributed by atoms with van der Waals surface area (Å²) in [5.74, 6) is 1.34. The van der Waals surface area contributed by atoms with E-state index in [-0.39, 0.29) is 5.60 Å². The molecule has 6 nitrogen and oxygen atoms in total. The van der Waals surface area contributed by atoms with Gasteiger partial charge in [-0.3, -0.25) is 0 Å². The highest BCUT2D eigenvalue weighted by Crippen LogP contribution is 2.40. The summed E-state index contributed by atoms with van der Waals surface area (Å²) < 4.78 is 11.0. The van der Waals surface area contributed by atoms with E-state index in [1.807, 2.05) is 0 Å². The van der Waals surface area contributed by atoms with Gasteiger partial charge in [-0.05, 0) is 37.7 Å². The maximum atomic E-state index is 5.66. The van der Waals surface area contributed by atoms with Gasteiger partial charge in [-0.25, -0.2) is 9.97 Å². The van der Waals surface area contributed by atoms with Crippen molar-refractivity contribution in [2.45, 2.75) is 44.1 Å². The number of hydrogen-bond acceptors (Lipinski definition) is 6. The van der Waals surface area contributed by atoms with E-state index in [1.54, 1.807) is 19.5 Å². The van der Waals surface area contributed by atoms with Gasteiger partial charge in [-0.1, -0.05) is 5.16 Å². The minimum Gasteiger partial charge on any atom is -0.370 e. The molecule has 0 atom stereocenters. The van der Waals surface area contributed by atoms with Gasteiger partial charge in [0.15, 0.2) is 0 Å². The highest BCUT2D eigenvalue weighted by Gasteiger charge is 2.40. The molecule has 1 saturated carbocycles. The Hall–Kier alpha value is -1.82. The molecule has 0 aliphatic heterocycles. The molecule has 0 spiro atoms. The average molecular weight is 274 g/mol. The fourth-order valence-corrected chi connectivity index (χ4v) is 2.72. The van der Waals surface area contributed by atoms with Crippen LogP contribution in [0.15, 0.2) is 23.2 Å². The zero-order valence-corrected chi connectivity index (χ0v) is 11.6. The number of ether oxygens (including phenoxy) is 1.